The minimum Gasteiger partial charge on any atom is -0.323 e. The molecule has 4 nitrogen and oxygen atoms in total. The first kappa shape index (κ1) is 13.1. The molecule has 3 atom stereocenters. The van der Waals surface area contributed by atoms with E-state index >= 15 is 0 Å². The Bertz CT molecular complexity index is 505. The molecule has 5 heteroatoms. The average molecular weight is 324 g/mol. The normalized spacial score (nSPS) is 29.3. The number of halogens is 1. The van der Waals surface area contributed by atoms with Crippen molar-refractivity contribution in [2.24, 2.45) is 11.8 Å². The number of carbonyl (C=O) groups excluding carboxylic acids is 1. The molecule has 2 N–H and O–H groups in total. The van der Waals surface area contributed by atoms with Gasteiger partial charge in [-0.05, 0) is 66.2 Å². The topological polar surface area (TPSA) is 54.0 Å². The lowest BCUT2D eigenvalue weighted by Crippen LogP contribution is -2.39. The second kappa shape index (κ2) is 5.21. The van der Waals surface area contributed by atoms with Gasteiger partial charge in [-0.2, -0.15) is 0 Å². The molecule has 19 heavy (non-hydrogen) atoms. The first-order valence-corrected chi connectivity index (χ1v) is 7.62. The van der Waals surface area contributed by atoms with Crippen molar-refractivity contribution in [1.82, 2.24) is 10.3 Å². The van der Waals surface area contributed by atoms with Crippen LogP contribution in [0.1, 0.15) is 25.0 Å². The minimum atomic E-state index is -0.0319. The summed E-state index contributed by atoms with van der Waals surface area (Å²) in [6.45, 7) is 2.89. The highest BCUT2D eigenvalue weighted by Crippen LogP contribution is 2.38. The van der Waals surface area contributed by atoms with Crippen molar-refractivity contribution in [3.05, 3.63) is 22.4 Å². The van der Waals surface area contributed by atoms with E-state index in [4.69, 9.17) is 0 Å². The summed E-state index contributed by atoms with van der Waals surface area (Å²) in [4.78, 5) is 16.7. The number of pyridine rings is 1. The molecule has 2 aliphatic rings. The molecule has 0 spiro atoms. The molecule has 0 aromatic carbocycles. The molecule has 3 unspecified atom stereocenters. The number of carbonyl (C=O) groups is 1. The van der Waals surface area contributed by atoms with Crippen molar-refractivity contribution in [1.29, 1.82) is 0 Å². The van der Waals surface area contributed by atoms with Crippen LogP contribution in [0.2, 0.25) is 0 Å². The van der Waals surface area contributed by atoms with Crippen molar-refractivity contribution in [2.45, 2.75) is 32.2 Å². The fraction of sp³-hybridized carbons (Fsp3) is 0.571. The maximum atomic E-state index is 12.4. The minimum absolute atomic E-state index is 0.0319. The Morgan fingerprint density at radius 3 is 3.11 bits per heavy atom. The van der Waals surface area contributed by atoms with E-state index in [1.807, 2.05) is 19.1 Å². The predicted octanol–water partition coefficient (Wildman–Crippen LogP) is 2.48. The second-order valence-electron chi connectivity index (χ2n) is 5.50. The molecule has 0 bridgehead atoms. The van der Waals surface area contributed by atoms with Crippen LogP contribution in [0.25, 0.3) is 0 Å². The first-order valence-electron chi connectivity index (χ1n) is 6.82. The summed E-state index contributed by atoms with van der Waals surface area (Å²) in [6, 6.07) is 3.71. The van der Waals surface area contributed by atoms with Gasteiger partial charge in [0.2, 0.25) is 5.91 Å². The van der Waals surface area contributed by atoms with E-state index in [-0.39, 0.29) is 11.9 Å². The zero-order valence-electron chi connectivity index (χ0n) is 10.9. The third-order valence-corrected chi connectivity index (χ3v) is 4.78. The number of hydrogen-bond donors (Lipinski definition) is 2. The highest BCUT2D eigenvalue weighted by Gasteiger charge is 2.42. The largest absolute Gasteiger partial charge is 0.323 e. The Labute approximate surface area is 121 Å². The third-order valence-electron chi connectivity index (χ3n) is 4.34. The average Bonchev–Trinajstić information content (AvgIpc) is 2.94. The summed E-state index contributed by atoms with van der Waals surface area (Å²) in [5.74, 6) is 1.30. The maximum Gasteiger partial charge on any atom is 0.241 e. The lowest BCUT2D eigenvalue weighted by molar-refractivity contribution is -0.118. The van der Waals surface area contributed by atoms with E-state index in [2.05, 4.69) is 31.5 Å². The van der Waals surface area contributed by atoms with Crippen LogP contribution in [0.15, 0.2) is 16.7 Å². The molecule has 2 fully saturated rings. The summed E-state index contributed by atoms with van der Waals surface area (Å²) < 4.78 is 0.790. The summed E-state index contributed by atoms with van der Waals surface area (Å²) in [6.07, 6.45) is 3.70. The molecule has 0 radical (unpaired) electrons. The molecule has 1 amide bonds. The van der Waals surface area contributed by atoms with Crippen LogP contribution in [0, 0.1) is 18.8 Å². The summed E-state index contributed by atoms with van der Waals surface area (Å²) in [5, 5.41) is 6.37. The van der Waals surface area contributed by atoms with Crippen molar-refractivity contribution >= 4 is 27.5 Å². The zero-order chi connectivity index (χ0) is 13.4. The van der Waals surface area contributed by atoms with Gasteiger partial charge in [0, 0.05) is 0 Å². The van der Waals surface area contributed by atoms with Crippen molar-refractivity contribution < 1.29 is 4.79 Å². The number of aryl methyl sites for hydroxylation is 1. The van der Waals surface area contributed by atoms with Gasteiger partial charge >= 0.3 is 0 Å². The van der Waals surface area contributed by atoms with Crippen LogP contribution in [-0.2, 0) is 4.79 Å². The number of nitrogens with one attached hydrogen (secondary N) is 2. The highest BCUT2D eigenvalue weighted by molar-refractivity contribution is 9.10. The fourth-order valence-corrected chi connectivity index (χ4v) is 3.75. The van der Waals surface area contributed by atoms with Crippen LogP contribution in [-0.4, -0.2) is 23.5 Å². The second-order valence-corrected chi connectivity index (χ2v) is 6.31. The van der Waals surface area contributed by atoms with E-state index in [0.717, 1.165) is 22.5 Å². The number of nitrogens with zero attached hydrogens (tertiary/aromatic N) is 1. The Hall–Kier alpha value is -0.940. The molecule has 102 valence electrons. The molecule has 1 aliphatic heterocycles. The summed E-state index contributed by atoms with van der Waals surface area (Å²) in [7, 11) is 0. The van der Waals surface area contributed by atoms with Crippen LogP contribution in [0.4, 0.5) is 5.69 Å². The van der Waals surface area contributed by atoms with Crippen LogP contribution in [0.5, 0.6) is 0 Å². The van der Waals surface area contributed by atoms with Gasteiger partial charge in [-0.1, -0.05) is 6.42 Å². The van der Waals surface area contributed by atoms with E-state index in [1.54, 1.807) is 0 Å². The predicted molar refractivity (Wildman–Crippen MR) is 77.9 cm³/mol. The van der Waals surface area contributed by atoms with Gasteiger partial charge in [-0.25, -0.2) is 4.98 Å². The SMILES string of the molecule is Cc1nc(Br)ccc1NC(=O)C1NCC2CCCC21. The number of fused-ring (bicyclic) bond motifs is 1. The van der Waals surface area contributed by atoms with E-state index in [1.165, 1.54) is 19.3 Å². The van der Waals surface area contributed by atoms with E-state index in [0.29, 0.717) is 11.8 Å². The van der Waals surface area contributed by atoms with Gasteiger partial charge < -0.3 is 10.6 Å². The van der Waals surface area contributed by atoms with Gasteiger partial charge in [0.1, 0.15) is 4.60 Å². The van der Waals surface area contributed by atoms with Gasteiger partial charge in [0.25, 0.3) is 0 Å². The van der Waals surface area contributed by atoms with Crippen LogP contribution >= 0.6 is 15.9 Å². The lowest BCUT2D eigenvalue weighted by Gasteiger charge is -2.18. The monoisotopic (exact) mass is 323 g/mol. The molecule has 1 aromatic rings. The molecule has 1 aliphatic carbocycles. The Kier molecular flexibility index (Phi) is 3.58. The fourth-order valence-electron chi connectivity index (χ4n) is 3.35. The Morgan fingerprint density at radius 1 is 1.47 bits per heavy atom. The Morgan fingerprint density at radius 2 is 2.32 bits per heavy atom. The number of rotatable bonds is 2. The van der Waals surface area contributed by atoms with Crippen molar-refractivity contribution in [2.75, 3.05) is 11.9 Å². The van der Waals surface area contributed by atoms with Crippen LogP contribution < -0.4 is 10.6 Å². The van der Waals surface area contributed by atoms with Gasteiger partial charge in [-0.3, -0.25) is 4.79 Å². The van der Waals surface area contributed by atoms with Gasteiger partial charge in [-0.15, -0.1) is 0 Å². The van der Waals surface area contributed by atoms with Crippen molar-refractivity contribution in [3.63, 3.8) is 0 Å². The molecule has 2 heterocycles. The van der Waals surface area contributed by atoms with E-state index in [9.17, 15) is 4.79 Å². The number of hydrogen-bond acceptors (Lipinski definition) is 3. The van der Waals surface area contributed by atoms with Gasteiger partial charge in [0.05, 0.1) is 17.4 Å². The first-order chi connectivity index (χ1) is 9.15. The number of amides is 1. The van der Waals surface area contributed by atoms with E-state index < -0.39 is 0 Å². The zero-order valence-corrected chi connectivity index (χ0v) is 12.5. The number of anilines is 1. The molecule has 3 rings (SSSR count). The Balaban J connectivity index is 1.71. The molecular formula is C14H18BrN3O. The smallest absolute Gasteiger partial charge is 0.241 e. The molecule has 1 aromatic heterocycles. The molecular weight excluding hydrogens is 306 g/mol. The standard InChI is InChI=1S/C14H18BrN3O/c1-8-11(5-6-12(15)17-8)18-14(19)13-10-4-2-3-9(10)7-16-13/h5-6,9-10,13,16H,2-4,7H2,1H3,(H,18,19). The van der Waals surface area contributed by atoms with Crippen molar-refractivity contribution in [3.8, 4) is 0 Å². The molecule has 1 saturated heterocycles. The quantitative estimate of drug-likeness (QED) is 0.822. The number of aromatic nitrogens is 1. The summed E-state index contributed by atoms with van der Waals surface area (Å²) >= 11 is 3.33. The lowest BCUT2D eigenvalue weighted by atomic mass is 9.93. The maximum absolute atomic E-state index is 12.4. The highest BCUT2D eigenvalue weighted by atomic mass is 79.9. The third kappa shape index (κ3) is 2.54. The van der Waals surface area contributed by atoms with Gasteiger partial charge in [0.15, 0.2) is 0 Å². The summed E-state index contributed by atoms with van der Waals surface area (Å²) in [5.41, 5.74) is 1.64. The molecule has 1 saturated carbocycles. The van der Waals surface area contributed by atoms with Crippen LogP contribution in [0.3, 0.4) is 0 Å².